The number of rotatable bonds is 6. The summed E-state index contributed by atoms with van der Waals surface area (Å²) in [6.45, 7) is 1.73. The first-order chi connectivity index (χ1) is 12.6. The molecule has 1 aromatic carbocycles. The van der Waals surface area contributed by atoms with Gasteiger partial charge in [0.25, 0.3) is 5.91 Å². The van der Waals surface area contributed by atoms with Crippen LogP contribution in [0, 0.1) is 11.5 Å². The summed E-state index contributed by atoms with van der Waals surface area (Å²) in [7, 11) is 0. The van der Waals surface area contributed by atoms with E-state index in [0.29, 0.717) is 17.2 Å². The second kappa shape index (κ2) is 9.39. The van der Waals surface area contributed by atoms with Crippen LogP contribution in [0.1, 0.15) is 6.92 Å². The number of hydrogen-bond acceptors (Lipinski definition) is 8. The van der Waals surface area contributed by atoms with Gasteiger partial charge in [-0.05, 0) is 31.2 Å². The van der Waals surface area contributed by atoms with Gasteiger partial charge in [0.05, 0.1) is 6.61 Å². The van der Waals surface area contributed by atoms with E-state index in [9.17, 15) is 14.9 Å². The van der Waals surface area contributed by atoms with Crippen molar-refractivity contribution in [1.82, 2.24) is 10.3 Å². The maximum atomic E-state index is 11.6. The molecule has 0 atom stereocenters. The molecule has 1 N–H and O–H groups in total. The Hall–Kier alpha value is -3.93. The number of ether oxygens (including phenoxy) is 2. The summed E-state index contributed by atoms with van der Waals surface area (Å²) in [6.07, 6.45) is 4.86. The molecule has 9 heteroatoms. The highest BCUT2D eigenvalue weighted by Gasteiger charge is 2.13. The average molecular weight is 353 g/mol. The molecule has 0 fully saturated rings. The van der Waals surface area contributed by atoms with E-state index in [2.05, 4.69) is 14.8 Å². The number of anilines is 1. The number of pyridine rings is 1. The first kappa shape index (κ1) is 18.4. The lowest BCUT2D eigenvalue weighted by Crippen LogP contribution is -2.32. The Labute approximate surface area is 149 Å². The molecule has 132 valence electrons. The largest absolute Gasteiger partial charge is 0.455 e. The minimum Gasteiger partial charge on any atom is -0.455 e. The van der Waals surface area contributed by atoms with Crippen LogP contribution in [-0.4, -0.2) is 29.8 Å². The van der Waals surface area contributed by atoms with Gasteiger partial charge in [-0.2, -0.15) is 15.4 Å². The minimum atomic E-state index is -0.895. The summed E-state index contributed by atoms with van der Waals surface area (Å²) < 4.78 is 10.3. The summed E-state index contributed by atoms with van der Waals surface area (Å²) in [5.41, 5.74) is 0.312. The van der Waals surface area contributed by atoms with E-state index < -0.39 is 12.0 Å². The molecule has 2 amide bonds. The molecule has 0 spiro atoms. The van der Waals surface area contributed by atoms with E-state index in [1.165, 1.54) is 0 Å². The molecular formula is C17H15N5O4. The number of nitrogens with one attached hydrogen (secondary N) is 1. The topological polar surface area (TPSA) is 117 Å². The molecule has 0 unspecified atom stereocenters. The van der Waals surface area contributed by atoms with Gasteiger partial charge in [-0.15, -0.1) is 0 Å². The fraction of sp³-hybridized carbons (Fsp3) is 0.118. The lowest BCUT2D eigenvalue weighted by atomic mass is 10.3. The Balaban J connectivity index is 2.15. The Morgan fingerprint density at radius 2 is 2.04 bits per heavy atom. The van der Waals surface area contributed by atoms with E-state index in [1.54, 1.807) is 55.7 Å². The number of aromatic nitrogens is 1. The number of nitrogens with zero attached hydrogens (tertiary/aromatic N) is 4. The van der Waals surface area contributed by atoms with Gasteiger partial charge < -0.3 is 9.47 Å². The van der Waals surface area contributed by atoms with Crippen LogP contribution < -0.4 is 15.1 Å². The average Bonchev–Trinajstić information content (AvgIpc) is 2.64. The number of alkyl carbamates (subject to hydrolysis) is 1. The van der Waals surface area contributed by atoms with Gasteiger partial charge in [-0.1, -0.05) is 12.1 Å². The quantitative estimate of drug-likeness (QED) is 0.367. The second-order valence-electron chi connectivity index (χ2n) is 4.62. The molecule has 0 bridgehead atoms. The minimum absolute atomic E-state index is 0.125. The Morgan fingerprint density at radius 3 is 2.73 bits per heavy atom. The summed E-state index contributed by atoms with van der Waals surface area (Å²) in [5, 5.41) is 15.9. The lowest BCUT2D eigenvalue weighted by molar-refractivity contribution is -0.113. The van der Waals surface area contributed by atoms with Gasteiger partial charge in [0.15, 0.2) is 5.75 Å². The summed E-state index contributed by atoms with van der Waals surface area (Å²) >= 11 is 0. The SMILES string of the molecule is CCOC(=O)NC(=O)C=NN(C#N)c1ccccc1Oc1ccncc1. The molecule has 0 radical (unpaired) electrons. The number of hydrazone groups is 1. The van der Waals surface area contributed by atoms with Crippen LogP contribution in [0.2, 0.25) is 0 Å². The lowest BCUT2D eigenvalue weighted by Gasteiger charge is -2.14. The number of para-hydroxylation sites is 2. The highest BCUT2D eigenvalue weighted by molar-refractivity contribution is 6.29. The number of benzene rings is 1. The monoisotopic (exact) mass is 353 g/mol. The number of nitriles is 1. The molecule has 0 saturated heterocycles. The summed E-state index contributed by atoms with van der Waals surface area (Å²) in [5.74, 6) is 0.0498. The van der Waals surface area contributed by atoms with Crippen LogP contribution in [0.4, 0.5) is 10.5 Å². The molecule has 1 heterocycles. The standard InChI is InChI=1S/C17H15N5O4/c1-2-25-17(24)21-16(23)11-20-22(12-18)14-5-3-4-6-15(14)26-13-7-9-19-10-8-13/h3-11H,2H2,1H3,(H,21,23,24). The van der Waals surface area contributed by atoms with E-state index in [4.69, 9.17) is 4.74 Å². The van der Waals surface area contributed by atoms with Crippen molar-refractivity contribution < 1.29 is 19.1 Å². The number of carbonyl (C=O) groups excluding carboxylic acids is 2. The fourth-order valence-electron chi connectivity index (χ4n) is 1.80. The van der Waals surface area contributed by atoms with Crippen molar-refractivity contribution in [3.05, 3.63) is 48.8 Å². The zero-order chi connectivity index (χ0) is 18.8. The van der Waals surface area contributed by atoms with Gasteiger partial charge in [0, 0.05) is 12.4 Å². The third kappa shape index (κ3) is 5.31. The van der Waals surface area contributed by atoms with Crippen molar-refractivity contribution in [3.63, 3.8) is 0 Å². The van der Waals surface area contributed by atoms with Crippen LogP contribution in [-0.2, 0) is 9.53 Å². The first-order valence-corrected chi connectivity index (χ1v) is 7.52. The van der Waals surface area contributed by atoms with Gasteiger partial charge >= 0.3 is 6.09 Å². The first-order valence-electron chi connectivity index (χ1n) is 7.52. The fourth-order valence-corrected chi connectivity index (χ4v) is 1.80. The zero-order valence-electron chi connectivity index (χ0n) is 13.8. The van der Waals surface area contributed by atoms with Crippen LogP contribution in [0.3, 0.4) is 0 Å². The highest BCUT2D eigenvalue weighted by Crippen LogP contribution is 2.31. The predicted octanol–water partition coefficient (Wildman–Crippen LogP) is 2.42. The molecular weight excluding hydrogens is 338 g/mol. The molecule has 2 aromatic rings. The van der Waals surface area contributed by atoms with E-state index >= 15 is 0 Å². The van der Waals surface area contributed by atoms with Crippen LogP contribution >= 0.6 is 0 Å². The normalized spacial score (nSPS) is 10.0. The van der Waals surface area contributed by atoms with Gasteiger partial charge in [0.1, 0.15) is 17.7 Å². The maximum Gasteiger partial charge on any atom is 0.414 e. The highest BCUT2D eigenvalue weighted by atomic mass is 16.5. The Bertz CT molecular complexity index is 833. The van der Waals surface area contributed by atoms with Crippen molar-refractivity contribution in [3.8, 4) is 17.7 Å². The van der Waals surface area contributed by atoms with Crippen molar-refractivity contribution in [2.75, 3.05) is 11.6 Å². The molecule has 0 aliphatic rings. The zero-order valence-corrected chi connectivity index (χ0v) is 13.8. The van der Waals surface area contributed by atoms with Gasteiger partial charge in [-0.3, -0.25) is 15.1 Å². The molecule has 0 saturated carbocycles. The maximum absolute atomic E-state index is 11.6. The van der Waals surface area contributed by atoms with Crippen LogP contribution in [0.15, 0.2) is 53.9 Å². The molecule has 0 aliphatic heterocycles. The van der Waals surface area contributed by atoms with E-state index in [1.807, 2.05) is 11.5 Å². The van der Waals surface area contributed by atoms with Crippen LogP contribution in [0.25, 0.3) is 0 Å². The van der Waals surface area contributed by atoms with Gasteiger partial charge in [-0.25, -0.2) is 4.79 Å². The van der Waals surface area contributed by atoms with E-state index in [0.717, 1.165) is 11.2 Å². The Morgan fingerprint density at radius 1 is 1.31 bits per heavy atom. The molecule has 2 rings (SSSR count). The van der Waals surface area contributed by atoms with Crippen molar-refractivity contribution >= 4 is 23.9 Å². The van der Waals surface area contributed by atoms with E-state index in [-0.39, 0.29) is 6.61 Å². The van der Waals surface area contributed by atoms with Crippen molar-refractivity contribution in [2.24, 2.45) is 5.10 Å². The molecule has 9 nitrogen and oxygen atoms in total. The number of amides is 2. The van der Waals surface area contributed by atoms with Crippen molar-refractivity contribution in [2.45, 2.75) is 6.92 Å². The third-order valence-electron chi connectivity index (χ3n) is 2.86. The summed E-state index contributed by atoms with van der Waals surface area (Å²) in [4.78, 5) is 26.7. The van der Waals surface area contributed by atoms with Gasteiger partial charge in [0.2, 0.25) is 6.19 Å². The summed E-state index contributed by atoms with van der Waals surface area (Å²) in [6, 6.07) is 9.97. The second-order valence-corrected chi connectivity index (χ2v) is 4.62. The predicted molar refractivity (Wildman–Crippen MR) is 92.5 cm³/mol. The Kier molecular flexibility index (Phi) is 6.65. The smallest absolute Gasteiger partial charge is 0.414 e. The molecule has 26 heavy (non-hydrogen) atoms. The third-order valence-corrected chi connectivity index (χ3v) is 2.86. The molecule has 1 aromatic heterocycles. The molecule has 0 aliphatic carbocycles. The number of hydrogen-bond donors (Lipinski definition) is 1. The van der Waals surface area contributed by atoms with Crippen molar-refractivity contribution in [1.29, 1.82) is 5.26 Å². The van der Waals surface area contributed by atoms with Crippen LogP contribution in [0.5, 0.6) is 11.5 Å². The number of carbonyl (C=O) groups is 2. The number of imide groups is 1.